The molecule has 122 valence electrons. The third kappa shape index (κ3) is 730000. The molecule has 0 amide bonds. The fraction of sp³-hybridized carbons (Fsp3) is 0.909. The van der Waals surface area contributed by atoms with Crippen LogP contribution in [0.3, 0.4) is 0 Å². The van der Waals surface area contributed by atoms with Crippen molar-refractivity contribution in [1.29, 1.82) is 0 Å². The predicted molar refractivity (Wildman–Crippen MR) is 89.5 cm³/mol. The first-order valence-electron chi connectivity index (χ1n) is 4.97. The molecule has 0 fully saturated rings. The third-order valence-electron chi connectivity index (χ3n) is 0. The Balaban J connectivity index is -0.0000000437. The molecular formula is C11H30O5S3. The molecule has 0 spiro atoms. The van der Waals surface area contributed by atoms with E-state index in [1.807, 2.05) is 12.5 Å². The molecule has 0 aromatic rings. The number of carbonyl (C=O) groups excluding carboxylic acids is 1. The zero-order chi connectivity index (χ0) is 17.1. The van der Waals surface area contributed by atoms with E-state index in [0.29, 0.717) is 0 Å². The molecule has 0 rings (SSSR count). The Kier molecular flexibility index (Phi) is 44.1. The summed E-state index contributed by atoms with van der Waals surface area (Å²) in [6.45, 7) is 3.06. The second-order valence-corrected chi connectivity index (χ2v) is 8.19. The number of methoxy groups -OCH3 is 1. The Morgan fingerprint density at radius 2 is 1.05 bits per heavy atom. The largest absolute Gasteiger partial charge is 0.388 e. The van der Waals surface area contributed by atoms with Crippen molar-refractivity contribution in [2.24, 2.45) is 0 Å². The van der Waals surface area contributed by atoms with Gasteiger partial charge in [-0.05, 0) is 26.4 Å². The van der Waals surface area contributed by atoms with Crippen LogP contribution in [0.5, 0.6) is 0 Å². The molecule has 0 saturated heterocycles. The summed E-state index contributed by atoms with van der Waals surface area (Å²) in [6.07, 6.45) is 9.68. The van der Waals surface area contributed by atoms with Crippen molar-refractivity contribution < 1.29 is 22.2 Å². The highest BCUT2D eigenvalue weighted by molar-refractivity contribution is 7.97. The summed E-state index contributed by atoms with van der Waals surface area (Å²) < 4.78 is 33.1. The van der Waals surface area contributed by atoms with Crippen molar-refractivity contribution in [1.82, 2.24) is 0 Å². The molecule has 0 bridgehead atoms. The van der Waals surface area contributed by atoms with Gasteiger partial charge in [-0.1, -0.05) is 0 Å². The summed E-state index contributed by atoms with van der Waals surface area (Å²) in [7, 11) is -0.0278. The summed E-state index contributed by atoms with van der Waals surface area (Å²) in [5.41, 5.74) is 0. The van der Waals surface area contributed by atoms with Gasteiger partial charge >= 0.3 is 0 Å². The van der Waals surface area contributed by atoms with Gasteiger partial charge < -0.3 is 9.53 Å². The molecule has 0 saturated carbocycles. The van der Waals surface area contributed by atoms with E-state index in [4.69, 9.17) is 0 Å². The number of sulfone groups is 1. The minimum absolute atomic E-state index is 0.167. The van der Waals surface area contributed by atoms with E-state index in [1.54, 1.807) is 38.5 Å². The van der Waals surface area contributed by atoms with Gasteiger partial charge in [-0.25, -0.2) is 8.42 Å². The Morgan fingerprint density at radius 1 is 1.05 bits per heavy atom. The van der Waals surface area contributed by atoms with Crippen molar-refractivity contribution in [2.75, 3.05) is 51.8 Å². The monoisotopic (exact) mass is 338 g/mol. The first-order valence-corrected chi connectivity index (χ1v) is 10.9. The van der Waals surface area contributed by atoms with Crippen LogP contribution in [-0.4, -0.2) is 70.2 Å². The van der Waals surface area contributed by atoms with Crippen LogP contribution >= 0.6 is 11.8 Å². The quantitative estimate of drug-likeness (QED) is 0.666. The number of ketones is 1. The fourth-order valence-corrected chi connectivity index (χ4v) is 0. The van der Waals surface area contributed by atoms with E-state index in [-0.39, 0.29) is 5.78 Å². The maximum atomic E-state index is 9.63. The Morgan fingerprint density at radius 3 is 1.05 bits per heavy atom. The zero-order valence-electron chi connectivity index (χ0n) is 13.8. The van der Waals surface area contributed by atoms with Crippen LogP contribution in [0.2, 0.25) is 0 Å². The number of thioether (sulfide) groups is 1. The molecule has 0 aromatic heterocycles. The number of rotatable bonds is 0. The lowest BCUT2D eigenvalue weighted by Crippen LogP contribution is -1.86. The molecule has 8 heteroatoms. The maximum Gasteiger partial charge on any atom is 0.144 e. The van der Waals surface area contributed by atoms with Crippen molar-refractivity contribution >= 4 is 38.2 Å². The number of Topliss-reactive ketones (excluding diaryl/α,β-unsaturated/α-hetero) is 1. The molecule has 0 aliphatic carbocycles. The van der Waals surface area contributed by atoms with E-state index in [0.717, 1.165) is 12.5 Å². The van der Waals surface area contributed by atoms with E-state index < -0.39 is 20.6 Å². The smallest absolute Gasteiger partial charge is 0.144 e. The lowest BCUT2D eigenvalue weighted by atomic mass is 10.6. The second-order valence-electron chi connectivity index (χ2n) is 3.61. The highest BCUT2D eigenvalue weighted by atomic mass is 32.2. The van der Waals surface area contributed by atoms with Crippen molar-refractivity contribution in [3.05, 3.63) is 0 Å². The van der Waals surface area contributed by atoms with Crippen LogP contribution in [0.1, 0.15) is 13.8 Å². The molecule has 0 atom stereocenters. The van der Waals surface area contributed by atoms with Gasteiger partial charge in [-0.3, -0.25) is 4.21 Å². The van der Waals surface area contributed by atoms with E-state index in [9.17, 15) is 17.4 Å². The molecule has 0 heterocycles. The number of ether oxygens (including phenoxy) is 1. The van der Waals surface area contributed by atoms with Gasteiger partial charge in [0.2, 0.25) is 0 Å². The first-order chi connectivity index (χ1) is 8.29. The van der Waals surface area contributed by atoms with Gasteiger partial charge in [0.15, 0.2) is 0 Å². The van der Waals surface area contributed by atoms with Crippen molar-refractivity contribution in [2.45, 2.75) is 13.8 Å². The molecule has 0 unspecified atom stereocenters. The van der Waals surface area contributed by atoms with Gasteiger partial charge in [0, 0.05) is 50.0 Å². The van der Waals surface area contributed by atoms with Crippen LogP contribution < -0.4 is 0 Å². The number of carbonyl (C=O) groups is 1. The topological polar surface area (TPSA) is 77.5 Å². The molecule has 19 heavy (non-hydrogen) atoms. The van der Waals surface area contributed by atoms with Crippen molar-refractivity contribution in [3.63, 3.8) is 0 Å². The zero-order valence-corrected chi connectivity index (χ0v) is 16.2. The normalized spacial score (nSPS) is 8.16. The van der Waals surface area contributed by atoms with Crippen LogP contribution in [0.4, 0.5) is 0 Å². The first kappa shape index (κ1) is 31.5. The highest BCUT2D eigenvalue weighted by Crippen LogP contribution is 1.70. The van der Waals surface area contributed by atoms with Gasteiger partial charge in [-0.2, -0.15) is 11.8 Å². The molecule has 0 radical (unpaired) electrons. The van der Waals surface area contributed by atoms with Gasteiger partial charge in [0.25, 0.3) is 0 Å². The van der Waals surface area contributed by atoms with Crippen LogP contribution in [0.25, 0.3) is 0 Å². The number of hydrogen-bond donors (Lipinski definition) is 0. The third-order valence-corrected chi connectivity index (χ3v) is 0. The summed E-state index contributed by atoms with van der Waals surface area (Å²) in [5.74, 6) is 0.167. The minimum Gasteiger partial charge on any atom is -0.388 e. The lowest BCUT2D eigenvalue weighted by molar-refractivity contribution is -0.114. The van der Waals surface area contributed by atoms with Crippen LogP contribution in [0.15, 0.2) is 0 Å². The number of hydrogen-bond acceptors (Lipinski definition) is 6. The van der Waals surface area contributed by atoms with E-state index in [2.05, 4.69) is 4.74 Å². The lowest BCUT2D eigenvalue weighted by Gasteiger charge is -1.69. The minimum atomic E-state index is -2.67. The Labute approximate surface area is 126 Å². The molecule has 0 aliphatic rings. The summed E-state index contributed by atoms with van der Waals surface area (Å²) in [6, 6.07) is 0. The maximum absolute atomic E-state index is 9.63. The van der Waals surface area contributed by atoms with Gasteiger partial charge in [-0.15, -0.1) is 0 Å². The second kappa shape index (κ2) is 26.6. The molecule has 0 aromatic carbocycles. The van der Waals surface area contributed by atoms with Gasteiger partial charge in [0.1, 0.15) is 15.6 Å². The van der Waals surface area contributed by atoms with Gasteiger partial charge in [0.05, 0.1) is 0 Å². The fourth-order valence-electron chi connectivity index (χ4n) is 0. The molecular weight excluding hydrogens is 308 g/mol. The molecule has 5 nitrogen and oxygen atoms in total. The average molecular weight is 339 g/mol. The van der Waals surface area contributed by atoms with Crippen LogP contribution in [-0.2, 0) is 30.2 Å². The molecule has 0 aliphatic heterocycles. The van der Waals surface area contributed by atoms with Crippen molar-refractivity contribution in [3.8, 4) is 0 Å². The molecule has 0 N–H and O–H groups in total. The Hall–Kier alpha value is 0.0800. The Bertz CT molecular complexity index is 244. The summed E-state index contributed by atoms with van der Waals surface area (Å²) >= 11 is 1.75. The highest BCUT2D eigenvalue weighted by Gasteiger charge is 1.79. The average Bonchev–Trinajstić information content (AvgIpc) is 1.98. The SMILES string of the molecule is CC(C)=O.COC.CS(C)(=O)=O.CS(C)=O.CSC. The predicted octanol–water partition coefficient (Wildman–Crippen LogP) is 1.49. The van der Waals surface area contributed by atoms with E-state index in [1.165, 1.54) is 13.8 Å². The van der Waals surface area contributed by atoms with E-state index >= 15 is 0 Å². The summed E-state index contributed by atoms with van der Waals surface area (Å²) in [4.78, 5) is 9.44. The van der Waals surface area contributed by atoms with Crippen LogP contribution in [0, 0.1) is 0 Å². The standard InChI is InChI=1S/C3H6O.C2H6O2S.C2H6OS.C2H6O.C2H6S/c1-3(2)4;1-5(2,3)4;1-4(2)3;2*1-3-2/h1-2H3;1-2H3;1-2H3;2*1-2H3. The summed E-state index contributed by atoms with van der Waals surface area (Å²) in [5, 5.41) is 0.